The molecule has 0 amide bonds. The number of aryl methyl sites for hydroxylation is 2. The number of benzene rings is 1. The van der Waals surface area contributed by atoms with Crippen LogP contribution in [0.1, 0.15) is 27.6 Å². The van der Waals surface area contributed by atoms with Crippen molar-refractivity contribution >= 4 is 11.5 Å². The molecule has 4 nitrogen and oxygen atoms in total. The number of carbonyl (C=O) groups is 1. The Balaban J connectivity index is 2.51. The highest BCUT2D eigenvalue weighted by molar-refractivity contribution is 6.09. The SMILES string of the molecule is Cc1cc(C)nc(C(=O)c2cccc(F)c2N)n1. The summed E-state index contributed by atoms with van der Waals surface area (Å²) in [6, 6.07) is 5.85. The van der Waals surface area contributed by atoms with Gasteiger partial charge in [0.25, 0.3) is 0 Å². The van der Waals surface area contributed by atoms with Gasteiger partial charge in [-0.15, -0.1) is 0 Å². The molecule has 1 aromatic carbocycles. The van der Waals surface area contributed by atoms with Crippen molar-refractivity contribution < 1.29 is 9.18 Å². The van der Waals surface area contributed by atoms with Crippen molar-refractivity contribution in [3.63, 3.8) is 0 Å². The zero-order chi connectivity index (χ0) is 13.3. The summed E-state index contributed by atoms with van der Waals surface area (Å²) in [4.78, 5) is 20.2. The number of hydrogen-bond donors (Lipinski definition) is 1. The number of aromatic nitrogens is 2. The van der Waals surface area contributed by atoms with E-state index in [0.29, 0.717) is 11.4 Å². The Morgan fingerprint density at radius 3 is 2.44 bits per heavy atom. The van der Waals surface area contributed by atoms with Crippen LogP contribution in [0.25, 0.3) is 0 Å². The number of rotatable bonds is 2. The normalized spacial score (nSPS) is 10.4. The van der Waals surface area contributed by atoms with Crippen LogP contribution < -0.4 is 5.73 Å². The summed E-state index contributed by atoms with van der Waals surface area (Å²) in [5, 5.41) is 0. The maximum atomic E-state index is 13.3. The summed E-state index contributed by atoms with van der Waals surface area (Å²) in [7, 11) is 0. The molecule has 0 aliphatic carbocycles. The minimum Gasteiger partial charge on any atom is -0.396 e. The van der Waals surface area contributed by atoms with E-state index in [1.807, 2.05) is 0 Å². The van der Waals surface area contributed by atoms with Gasteiger partial charge in [0.1, 0.15) is 5.82 Å². The van der Waals surface area contributed by atoms with Crippen LogP contribution in [-0.4, -0.2) is 15.8 Å². The first-order valence-corrected chi connectivity index (χ1v) is 5.40. The molecule has 92 valence electrons. The average Bonchev–Trinajstić information content (AvgIpc) is 2.30. The van der Waals surface area contributed by atoms with Gasteiger partial charge in [-0.25, -0.2) is 14.4 Å². The number of nitrogen functional groups attached to an aromatic ring is 1. The Labute approximate surface area is 104 Å². The molecular formula is C13H12FN3O. The lowest BCUT2D eigenvalue weighted by atomic mass is 10.1. The maximum absolute atomic E-state index is 13.3. The van der Waals surface area contributed by atoms with Crippen LogP contribution in [0.3, 0.4) is 0 Å². The van der Waals surface area contributed by atoms with Crippen molar-refractivity contribution in [2.24, 2.45) is 0 Å². The number of anilines is 1. The number of nitrogens with zero attached hydrogens (tertiary/aromatic N) is 2. The Morgan fingerprint density at radius 2 is 1.83 bits per heavy atom. The maximum Gasteiger partial charge on any atom is 0.232 e. The van der Waals surface area contributed by atoms with E-state index in [2.05, 4.69) is 9.97 Å². The third kappa shape index (κ3) is 2.20. The molecular weight excluding hydrogens is 233 g/mol. The quantitative estimate of drug-likeness (QED) is 0.649. The molecule has 1 heterocycles. The number of halogens is 1. The summed E-state index contributed by atoms with van der Waals surface area (Å²) < 4.78 is 13.3. The first-order chi connectivity index (χ1) is 8.49. The summed E-state index contributed by atoms with van der Waals surface area (Å²) in [6.45, 7) is 3.53. The number of ketones is 1. The molecule has 0 unspecified atom stereocenters. The predicted octanol–water partition coefficient (Wildman–Crippen LogP) is 2.05. The Morgan fingerprint density at radius 1 is 1.22 bits per heavy atom. The van der Waals surface area contributed by atoms with E-state index in [0.717, 1.165) is 0 Å². The van der Waals surface area contributed by atoms with Gasteiger partial charge >= 0.3 is 0 Å². The second-order valence-corrected chi connectivity index (χ2v) is 4.00. The van der Waals surface area contributed by atoms with Crippen LogP contribution >= 0.6 is 0 Å². The van der Waals surface area contributed by atoms with Gasteiger partial charge in [0.2, 0.25) is 11.6 Å². The topological polar surface area (TPSA) is 68.9 Å². The fourth-order valence-electron chi connectivity index (χ4n) is 1.68. The van der Waals surface area contributed by atoms with Gasteiger partial charge in [-0.1, -0.05) is 6.07 Å². The zero-order valence-electron chi connectivity index (χ0n) is 10.1. The molecule has 2 aromatic rings. The van der Waals surface area contributed by atoms with Crippen molar-refractivity contribution in [1.82, 2.24) is 9.97 Å². The second-order valence-electron chi connectivity index (χ2n) is 4.00. The van der Waals surface area contributed by atoms with E-state index in [1.165, 1.54) is 18.2 Å². The molecule has 5 heteroatoms. The van der Waals surface area contributed by atoms with Gasteiger partial charge in [-0.05, 0) is 32.0 Å². The molecule has 0 bridgehead atoms. The van der Waals surface area contributed by atoms with Crippen molar-refractivity contribution in [1.29, 1.82) is 0 Å². The molecule has 0 aliphatic heterocycles. The second kappa shape index (κ2) is 4.52. The number of para-hydroxylation sites is 1. The van der Waals surface area contributed by atoms with E-state index in [9.17, 15) is 9.18 Å². The van der Waals surface area contributed by atoms with Gasteiger partial charge < -0.3 is 5.73 Å². The molecule has 2 N–H and O–H groups in total. The molecule has 0 saturated carbocycles. The third-order valence-electron chi connectivity index (χ3n) is 2.48. The first kappa shape index (κ1) is 12.2. The number of hydrogen-bond acceptors (Lipinski definition) is 4. The van der Waals surface area contributed by atoms with Crippen molar-refractivity contribution in [2.75, 3.05) is 5.73 Å². The van der Waals surface area contributed by atoms with Gasteiger partial charge in [-0.3, -0.25) is 4.79 Å². The highest BCUT2D eigenvalue weighted by atomic mass is 19.1. The van der Waals surface area contributed by atoms with Crippen molar-refractivity contribution in [3.8, 4) is 0 Å². The molecule has 1 aromatic heterocycles. The minimum atomic E-state index is -0.620. The number of carbonyl (C=O) groups excluding carboxylic acids is 1. The molecule has 0 aliphatic rings. The van der Waals surface area contributed by atoms with E-state index < -0.39 is 11.6 Å². The lowest BCUT2D eigenvalue weighted by molar-refractivity contribution is 0.102. The average molecular weight is 245 g/mol. The molecule has 0 radical (unpaired) electrons. The Kier molecular flexibility index (Phi) is 3.06. The van der Waals surface area contributed by atoms with E-state index >= 15 is 0 Å². The van der Waals surface area contributed by atoms with Crippen LogP contribution in [0.2, 0.25) is 0 Å². The van der Waals surface area contributed by atoms with E-state index in [-0.39, 0.29) is 17.1 Å². The van der Waals surface area contributed by atoms with E-state index in [1.54, 1.807) is 19.9 Å². The smallest absolute Gasteiger partial charge is 0.232 e. The first-order valence-electron chi connectivity index (χ1n) is 5.40. The molecule has 18 heavy (non-hydrogen) atoms. The molecule has 2 rings (SSSR count). The summed E-state index contributed by atoms with van der Waals surface area (Å²) in [5.41, 5.74) is 6.82. The molecule has 0 spiro atoms. The number of nitrogens with two attached hydrogens (primary N) is 1. The van der Waals surface area contributed by atoms with Gasteiger partial charge in [-0.2, -0.15) is 0 Å². The highest BCUT2D eigenvalue weighted by Crippen LogP contribution is 2.18. The van der Waals surface area contributed by atoms with Gasteiger partial charge in [0.05, 0.1) is 11.3 Å². The van der Waals surface area contributed by atoms with Crippen LogP contribution in [0.5, 0.6) is 0 Å². The van der Waals surface area contributed by atoms with Crippen LogP contribution in [0.4, 0.5) is 10.1 Å². The third-order valence-corrected chi connectivity index (χ3v) is 2.48. The summed E-state index contributed by atoms with van der Waals surface area (Å²) >= 11 is 0. The summed E-state index contributed by atoms with van der Waals surface area (Å²) in [6.07, 6.45) is 0. The highest BCUT2D eigenvalue weighted by Gasteiger charge is 2.17. The largest absolute Gasteiger partial charge is 0.396 e. The van der Waals surface area contributed by atoms with Gasteiger partial charge in [0, 0.05) is 11.4 Å². The van der Waals surface area contributed by atoms with Crippen LogP contribution in [-0.2, 0) is 0 Å². The summed E-state index contributed by atoms with van der Waals surface area (Å²) in [5.74, 6) is -1.06. The fraction of sp³-hybridized carbons (Fsp3) is 0.154. The molecule has 0 saturated heterocycles. The fourth-order valence-corrected chi connectivity index (χ4v) is 1.68. The van der Waals surface area contributed by atoms with Gasteiger partial charge in [0.15, 0.2) is 0 Å². The lowest BCUT2D eigenvalue weighted by Gasteiger charge is -2.05. The monoisotopic (exact) mass is 245 g/mol. The zero-order valence-corrected chi connectivity index (χ0v) is 10.1. The van der Waals surface area contributed by atoms with E-state index in [4.69, 9.17) is 5.73 Å². The van der Waals surface area contributed by atoms with Crippen molar-refractivity contribution in [3.05, 3.63) is 52.9 Å². The lowest BCUT2D eigenvalue weighted by Crippen LogP contribution is -2.12. The van der Waals surface area contributed by atoms with Crippen LogP contribution in [0, 0.1) is 19.7 Å². The predicted molar refractivity (Wildman–Crippen MR) is 65.8 cm³/mol. The molecule has 0 atom stereocenters. The minimum absolute atomic E-state index is 0.0322. The van der Waals surface area contributed by atoms with Crippen LogP contribution in [0.15, 0.2) is 24.3 Å². The standard InChI is InChI=1S/C13H12FN3O/c1-7-6-8(2)17-13(16-7)12(18)9-4-3-5-10(14)11(9)15/h3-6H,15H2,1-2H3. The van der Waals surface area contributed by atoms with Crippen molar-refractivity contribution in [2.45, 2.75) is 13.8 Å². The molecule has 0 fully saturated rings. The Bertz CT molecular complexity index is 605. The Hall–Kier alpha value is -2.30.